The zero-order chi connectivity index (χ0) is 23.3. The highest BCUT2D eigenvalue weighted by Crippen LogP contribution is 2.36. The molecule has 1 saturated heterocycles. The fraction of sp³-hybridized carbons (Fsp3) is 0.296. The SMILES string of the molecule is COc1cccc(/C(=C/CCN2CCC(O)(c3ccc(Cl)c(Cl)c3)CC2)c2cccnc2)c1. The van der Waals surface area contributed by atoms with E-state index in [1.54, 1.807) is 25.4 Å². The van der Waals surface area contributed by atoms with E-state index in [1.165, 1.54) is 0 Å². The minimum Gasteiger partial charge on any atom is -0.497 e. The summed E-state index contributed by atoms with van der Waals surface area (Å²) in [5.41, 5.74) is 3.32. The highest BCUT2D eigenvalue weighted by atomic mass is 35.5. The maximum absolute atomic E-state index is 11.2. The average Bonchev–Trinajstić information content (AvgIpc) is 2.85. The molecule has 0 radical (unpaired) electrons. The second-order valence-electron chi connectivity index (χ2n) is 8.38. The number of aromatic nitrogens is 1. The predicted octanol–water partition coefficient (Wildman–Crippen LogP) is 6.20. The lowest BCUT2D eigenvalue weighted by Gasteiger charge is -2.38. The lowest BCUT2D eigenvalue weighted by molar-refractivity contribution is -0.0254. The van der Waals surface area contributed by atoms with Crippen LogP contribution in [-0.4, -0.2) is 41.7 Å². The minimum atomic E-state index is -0.859. The Morgan fingerprint density at radius 3 is 2.55 bits per heavy atom. The molecule has 172 valence electrons. The van der Waals surface area contributed by atoms with Crippen LogP contribution in [0.3, 0.4) is 0 Å². The van der Waals surface area contributed by atoms with E-state index < -0.39 is 5.60 Å². The third-order valence-corrected chi connectivity index (χ3v) is 7.03. The van der Waals surface area contributed by atoms with Gasteiger partial charge >= 0.3 is 0 Å². The van der Waals surface area contributed by atoms with Gasteiger partial charge in [-0.2, -0.15) is 0 Å². The van der Waals surface area contributed by atoms with Crippen molar-refractivity contribution in [3.8, 4) is 5.75 Å². The van der Waals surface area contributed by atoms with Crippen LogP contribution in [0.2, 0.25) is 10.0 Å². The van der Waals surface area contributed by atoms with Gasteiger partial charge in [-0.3, -0.25) is 4.98 Å². The molecular formula is C27H28Cl2N2O2. The number of benzene rings is 2. The molecule has 4 rings (SSSR count). The number of hydrogen-bond acceptors (Lipinski definition) is 4. The fourth-order valence-electron chi connectivity index (χ4n) is 4.33. The van der Waals surface area contributed by atoms with Gasteiger partial charge in [0.05, 0.1) is 22.8 Å². The topological polar surface area (TPSA) is 45.6 Å². The Kier molecular flexibility index (Phi) is 7.71. The number of halogens is 2. The van der Waals surface area contributed by atoms with Crippen LogP contribution in [-0.2, 0) is 5.60 Å². The first-order chi connectivity index (χ1) is 16.0. The van der Waals surface area contributed by atoms with Gasteiger partial charge in [0.1, 0.15) is 5.75 Å². The second-order valence-corrected chi connectivity index (χ2v) is 9.20. The van der Waals surface area contributed by atoms with E-state index >= 15 is 0 Å². The monoisotopic (exact) mass is 482 g/mol. The van der Waals surface area contributed by atoms with Gasteiger partial charge in [0, 0.05) is 37.6 Å². The lowest BCUT2D eigenvalue weighted by Crippen LogP contribution is -2.42. The average molecular weight is 483 g/mol. The molecule has 2 aromatic carbocycles. The van der Waals surface area contributed by atoms with Gasteiger partial charge in [0.2, 0.25) is 0 Å². The van der Waals surface area contributed by atoms with Crippen LogP contribution < -0.4 is 4.74 Å². The third-order valence-electron chi connectivity index (χ3n) is 6.29. The smallest absolute Gasteiger partial charge is 0.119 e. The highest BCUT2D eigenvalue weighted by molar-refractivity contribution is 6.42. The van der Waals surface area contributed by atoms with Gasteiger partial charge in [-0.1, -0.05) is 53.5 Å². The number of piperidine rings is 1. The van der Waals surface area contributed by atoms with Crippen molar-refractivity contribution >= 4 is 28.8 Å². The van der Waals surface area contributed by atoms with E-state index in [-0.39, 0.29) is 0 Å². The molecule has 0 atom stereocenters. The van der Waals surface area contributed by atoms with Crippen molar-refractivity contribution in [1.29, 1.82) is 0 Å². The number of nitrogens with zero attached hydrogens (tertiary/aromatic N) is 2. The summed E-state index contributed by atoms with van der Waals surface area (Å²) in [6, 6.07) is 17.6. The molecule has 3 aromatic rings. The van der Waals surface area contributed by atoms with Crippen molar-refractivity contribution in [2.24, 2.45) is 0 Å². The third kappa shape index (κ3) is 5.77. The highest BCUT2D eigenvalue weighted by Gasteiger charge is 2.34. The van der Waals surface area contributed by atoms with Crippen LogP contribution in [0.15, 0.2) is 73.1 Å². The molecule has 6 heteroatoms. The summed E-state index contributed by atoms with van der Waals surface area (Å²) < 4.78 is 5.42. The molecule has 0 bridgehead atoms. The molecule has 0 saturated carbocycles. The summed E-state index contributed by atoms with van der Waals surface area (Å²) in [5, 5.41) is 12.2. The number of rotatable bonds is 7. The fourth-order valence-corrected chi connectivity index (χ4v) is 4.63. The van der Waals surface area contributed by atoms with Crippen LogP contribution >= 0.6 is 23.2 Å². The van der Waals surface area contributed by atoms with Gasteiger partial charge in [-0.25, -0.2) is 0 Å². The molecule has 1 aliphatic rings. The summed E-state index contributed by atoms with van der Waals surface area (Å²) in [7, 11) is 1.68. The molecule has 33 heavy (non-hydrogen) atoms. The van der Waals surface area contributed by atoms with Gasteiger partial charge in [-0.15, -0.1) is 0 Å². The van der Waals surface area contributed by atoms with Crippen molar-refractivity contribution in [3.05, 3.63) is 99.8 Å². The van der Waals surface area contributed by atoms with E-state index in [0.717, 1.165) is 54.1 Å². The standard InChI is InChI=1S/C27H28Cl2N2O2/c1-33-23-7-2-5-20(17-23)24(21-6-3-13-30-19-21)8-4-14-31-15-11-27(32,12-16-31)22-9-10-25(28)26(29)18-22/h2-3,5-10,13,17-19,32H,4,11-12,14-16H2,1H3/b24-8-. The summed E-state index contributed by atoms with van der Waals surface area (Å²) >= 11 is 12.2. The predicted molar refractivity (Wildman–Crippen MR) is 135 cm³/mol. The first kappa shape index (κ1) is 23.8. The minimum absolute atomic E-state index is 0.482. The Labute approximate surface area is 205 Å². The van der Waals surface area contributed by atoms with E-state index in [1.807, 2.05) is 30.5 Å². The van der Waals surface area contributed by atoms with E-state index in [2.05, 4.69) is 34.2 Å². The maximum Gasteiger partial charge on any atom is 0.119 e. The van der Waals surface area contributed by atoms with Crippen LogP contribution in [0.4, 0.5) is 0 Å². The van der Waals surface area contributed by atoms with Crippen molar-refractivity contribution in [3.63, 3.8) is 0 Å². The Balaban J connectivity index is 1.43. The van der Waals surface area contributed by atoms with Gasteiger partial charge < -0.3 is 14.7 Å². The number of likely N-dealkylation sites (tertiary alicyclic amines) is 1. The number of pyridine rings is 1. The molecule has 2 heterocycles. The Bertz CT molecular complexity index is 1110. The quantitative estimate of drug-likeness (QED) is 0.435. The molecule has 1 fully saturated rings. The number of aliphatic hydroxyl groups is 1. The van der Waals surface area contributed by atoms with E-state index in [9.17, 15) is 5.11 Å². The zero-order valence-corrected chi connectivity index (χ0v) is 20.2. The van der Waals surface area contributed by atoms with Gasteiger partial charge in [0.25, 0.3) is 0 Å². The maximum atomic E-state index is 11.2. The zero-order valence-electron chi connectivity index (χ0n) is 18.7. The van der Waals surface area contributed by atoms with E-state index in [0.29, 0.717) is 22.9 Å². The summed E-state index contributed by atoms with van der Waals surface area (Å²) in [6.45, 7) is 2.57. The molecule has 4 nitrogen and oxygen atoms in total. The second kappa shape index (κ2) is 10.7. The first-order valence-electron chi connectivity index (χ1n) is 11.1. The molecular weight excluding hydrogens is 455 g/mol. The number of methoxy groups -OCH3 is 1. The Morgan fingerprint density at radius 2 is 1.85 bits per heavy atom. The van der Waals surface area contributed by atoms with Crippen LogP contribution in [0.25, 0.3) is 5.57 Å². The largest absolute Gasteiger partial charge is 0.497 e. The molecule has 0 aliphatic carbocycles. The van der Waals surface area contributed by atoms with Gasteiger partial charge in [0.15, 0.2) is 0 Å². The van der Waals surface area contributed by atoms with E-state index in [4.69, 9.17) is 27.9 Å². The van der Waals surface area contributed by atoms with Crippen molar-refractivity contribution in [2.45, 2.75) is 24.9 Å². The summed E-state index contributed by atoms with van der Waals surface area (Å²) in [4.78, 5) is 6.70. The number of hydrogen-bond donors (Lipinski definition) is 1. The molecule has 1 N–H and O–H groups in total. The normalized spacial score (nSPS) is 16.5. The molecule has 0 amide bonds. The van der Waals surface area contributed by atoms with Crippen molar-refractivity contribution in [2.75, 3.05) is 26.7 Å². The van der Waals surface area contributed by atoms with Gasteiger partial charge in [-0.05, 0) is 66.3 Å². The summed E-state index contributed by atoms with van der Waals surface area (Å²) in [6.07, 6.45) is 8.18. The Hall–Kier alpha value is -2.37. The summed E-state index contributed by atoms with van der Waals surface area (Å²) in [5.74, 6) is 0.833. The molecule has 1 aliphatic heterocycles. The molecule has 1 aromatic heterocycles. The lowest BCUT2D eigenvalue weighted by atomic mass is 9.84. The first-order valence-corrected chi connectivity index (χ1v) is 11.9. The van der Waals surface area contributed by atoms with Crippen molar-refractivity contribution < 1.29 is 9.84 Å². The Morgan fingerprint density at radius 1 is 1.06 bits per heavy atom. The van der Waals surface area contributed by atoms with Crippen LogP contribution in [0.1, 0.15) is 36.0 Å². The van der Waals surface area contributed by atoms with Crippen LogP contribution in [0, 0.1) is 0 Å². The van der Waals surface area contributed by atoms with Crippen LogP contribution in [0.5, 0.6) is 5.75 Å². The van der Waals surface area contributed by atoms with Crippen molar-refractivity contribution in [1.82, 2.24) is 9.88 Å². The molecule has 0 unspecified atom stereocenters. The molecule has 0 spiro atoms. The number of ether oxygens (including phenoxy) is 1.